The van der Waals surface area contributed by atoms with Gasteiger partial charge in [-0.15, -0.1) is 11.3 Å². The van der Waals surface area contributed by atoms with E-state index in [-0.39, 0.29) is 6.04 Å². The van der Waals surface area contributed by atoms with Crippen molar-refractivity contribution >= 4 is 21.4 Å². The molecule has 21 heavy (non-hydrogen) atoms. The van der Waals surface area contributed by atoms with Crippen LogP contribution in [-0.4, -0.2) is 22.1 Å². The number of nitrogens with one attached hydrogen (secondary N) is 2. The molecule has 1 aliphatic rings. The average Bonchev–Trinajstić information content (AvgIpc) is 3.07. The van der Waals surface area contributed by atoms with E-state index in [2.05, 4.69) is 10.0 Å². The Morgan fingerprint density at radius 1 is 1.29 bits per heavy atom. The Morgan fingerprint density at radius 3 is 2.90 bits per heavy atom. The molecule has 1 atom stereocenters. The van der Waals surface area contributed by atoms with E-state index < -0.39 is 10.0 Å². The quantitative estimate of drug-likeness (QED) is 0.881. The zero-order valence-corrected chi connectivity index (χ0v) is 13.1. The first-order valence-electron chi connectivity index (χ1n) is 6.57. The minimum Gasteiger partial charge on any atom is -0.491 e. The van der Waals surface area contributed by atoms with E-state index in [1.807, 2.05) is 37.4 Å². The second kappa shape index (κ2) is 5.76. The van der Waals surface area contributed by atoms with Crippen molar-refractivity contribution in [1.82, 2.24) is 10.0 Å². The maximum Gasteiger partial charge on any atom is 0.250 e. The van der Waals surface area contributed by atoms with Gasteiger partial charge in [0.15, 0.2) is 0 Å². The second-order valence-electron chi connectivity index (χ2n) is 4.77. The van der Waals surface area contributed by atoms with Gasteiger partial charge >= 0.3 is 0 Å². The van der Waals surface area contributed by atoms with Gasteiger partial charge in [0.25, 0.3) is 10.0 Å². The van der Waals surface area contributed by atoms with Crippen molar-refractivity contribution in [2.24, 2.45) is 0 Å². The maximum atomic E-state index is 12.4. The van der Waals surface area contributed by atoms with Crippen LogP contribution in [-0.2, 0) is 16.6 Å². The van der Waals surface area contributed by atoms with Gasteiger partial charge in [-0.25, -0.2) is 8.42 Å². The van der Waals surface area contributed by atoms with Crippen molar-refractivity contribution < 1.29 is 13.2 Å². The SMILES string of the molecule is CNCc1ccc(S(=O)(=O)NC2COc3ccccc32)s1. The molecule has 0 radical (unpaired) electrons. The van der Waals surface area contributed by atoms with Crippen LogP contribution in [0.4, 0.5) is 0 Å². The van der Waals surface area contributed by atoms with Crippen LogP contribution in [0.25, 0.3) is 0 Å². The number of ether oxygens (including phenoxy) is 1. The van der Waals surface area contributed by atoms with Crippen LogP contribution >= 0.6 is 11.3 Å². The predicted octanol–water partition coefficient (Wildman–Crippen LogP) is 1.88. The number of thiophene rings is 1. The van der Waals surface area contributed by atoms with Gasteiger partial charge in [-0.2, -0.15) is 4.72 Å². The number of rotatable bonds is 5. The molecule has 2 heterocycles. The fourth-order valence-corrected chi connectivity index (χ4v) is 4.86. The van der Waals surface area contributed by atoms with Crippen molar-refractivity contribution in [2.45, 2.75) is 16.8 Å². The Morgan fingerprint density at radius 2 is 2.10 bits per heavy atom. The standard InChI is InChI=1S/C14H16N2O3S2/c1-15-8-10-6-7-14(20-10)21(17,18)16-12-9-19-13-5-3-2-4-11(12)13/h2-7,12,15-16H,8-9H2,1H3. The topological polar surface area (TPSA) is 67.4 Å². The molecule has 1 aromatic carbocycles. The van der Waals surface area contributed by atoms with Crippen molar-refractivity contribution in [1.29, 1.82) is 0 Å². The number of para-hydroxylation sites is 1. The van der Waals surface area contributed by atoms with E-state index in [1.54, 1.807) is 6.07 Å². The van der Waals surface area contributed by atoms with Gasteiger partial charge in [0.05, 0.1) is 6.04 Å². The normalized spacial score (nSPS) is 17.5. The van der Waals surface area contributed by atoms with Gasteiger partial charge in [-0.05, 0) is 25.2 Å². The summed E-state index contributed by atoms with van der Waals surface area (Å²) in [5.74, 6) is 0.743. The third-order valence-electron chi connectivity index (χ3n) is 3.25. The lowest BCUT2D eigenvalue weighted by Crippen LogP contribution is -2.29. The summed E-state index contributed by atoms with van der Waals surface area (Å²) in [5, 5.41) is 3.01. The summed E-state index contributed by atoms with van der Waals surface area (Å²) in [4.78, 5) is 0.987. The van der Waals surface area contributed by atoms with Gasteiger partial charge in [0.2, 0.25) is 0 Å². The van der Waals surface area contributed by atoms with Gasteiger partial charge in [-0.1, -0.05) is 18.2 Å². The monoisotopic (exact) mass is 324 g/mol. The Labute approximate surface area is 128 Å². The third kappa shape index (κ3) is 2.96. The Hall–Kier alpha value is -1.41. The zero-order valence-electron chi connectivity index (χ0n) is 11.5. The molecule has 0 spiro atoms. The summed E-state index contributed by atoms with van der Waals surface area (Å²) >= 11 is 1.28. The molecule has 0 bridgehead atoms. The molecule has 3 rings (SSSR count). The van der Waals surface area contributed by atoms with Crippen molar-refractivity contribution in [2.75, 3.05) is 13.7 Å². The minimum absolute atomic E-state index is 0.327. The van der Waals surface area contributed by atoms with Gasteiger partial charge in [0, 0.05) is 17.0 Å². The highest BCUT2D eigenvalue weighted by atomic mass is 32.2. The highest BCUT2D eigenvalue weighted by Crippen LogP contribution is 2.33. The Balaban J connectivity index is 1.80. The van der Waals surface area contributed by atoms with Crippen LogP contribution in [0.15, 0.2) is 40.6 Å². The largest absolute Gasteiger partial charge is 0.491 e. The molecule has 1 aromatic heterocycles. The molecule has 0 fully saturated rings. The first-order valence-corrected chi connectivity index (χ1v) is 8.87. The first-order chi connectivity index (χ1) is 10.1. The van der Waals surface area contributed by atoms with E-state index in [9.17, 15) is 8.42 Å². The number of fused-ring (bicyclic) bond motifs is 1. The molecule has 0 saturated heterocycles. The molecule has 0 aliphatic carbocycles. The third-order valence-corrected chi connectivity index (χ3v) is 6.30. The zero-order chi connectivity index (χ0) is 14.9. The van der Waals surface area contributed by atoms with Crippen LogP contribution in [0.5, 0.6) is 5.75 Å². The lowest BCUT2D eigenvalue weighted by atomic mass is 10.1. The van der Waals surface area contributed by atoms with Crippen molar-refractivity contribution in [3.05, 3.63) is 46.8 Å². The van der Waals surface area contributed by atoms with E-state index >= 15 is 0 Å². The van der Waals surface area contributed by atoms with E-state index in [4.69, 9.17) is 4.74 Å². The molecule has 112 valence electrons. The van der Waals surface area contributed by atoms with Crippen LogP contribution < -0.4 is 14.8 Å². The van der Waals surface area contributed by atoms with Crippen LogP contribution in [0.3, 0.4) is 0 Å². The average molecular weight is 324 g/mol. The molecule has 1 unspecified atom stereocenters. The minimum atomic E-state index is -3.52. The molecule has 0 amide bonds. The number of benzene rings is 1. The highest BCUT2D eigenvalue weighted by molar-refractivity contribution is 7.91. The fourth-order valence-electron chi connectivity index (χ4n) is 2.28. The molecule has 5 nitrogen and oxygen atoms in total. The molecule has 7 heteroatoms. The van der Waals surface area contributed by atoms with Crippen molar-refractivity contribution in [3.63, 3.8) is 0 Å². The van der Waals surface area contributed by atoms with Gasteiger partial charge < -0.3 is 10.1 Å². The lowest BCUT2D eigenvalue weighted by molar-refractivity contribution is 0.325. The number of hydrogen-bond acceptors (Lipinski definition) is 5. The molecule has 1 aliphatic heterocycles. The van der Waals surface area contributed by atoms with Gasteiger partial charge in [0.1, 0.15) is 16.6 Å². The summed E-state index contributed by atoms with van der Waals surface area (Å²) in [7, 11) is -1.69. The first kappa shape index (κ1) is 14.5. The smallest absolute Gasteiger partial charge is 0.250 e. The Kier molecular flexibility index (Phi) is 3.99. The van der Waals surface area contributed by atoms with E-state index in [1.165, 1.54) is 11.3 Å². The highest BCUT2D eigenvalue weighted by Gasteiger charge is 2.29. The summed E-state index contributed by atoms with van der Waals surface area (Å²) in [6.07, 6.45) is 0. The fraction of sp³-hybridized carbons (Fsp3) is 0.286. The van der Waals surface area contributed by atoms with E-state index in [0.29, 0.717) is 17.4 Å². The van der Waals surface area contributed by atoms with Gasteiger partial charge in [-0.3, -0.25) is 0 Å². The van der Waals surface area contributed by atoms with Crippen LogP contribution in [0.2, 0.25) is 0 Å². The second-order valence-corrected chi connectivity index (χ2v) is 7.88. The van der Waals surface area contributed by atoms with Crippen molar-refractivity contribution in [3.8, 4) is 5.75 Å². The summed E-state index contributed by atoms with van der Waals surface area (Å²) < 4.78 is 33.4. The number of hydrogen-bond donors (Lipinski definition) is 2. The summed E-state index contributed by atoms with van der Waals surface area (Å²) in [6, 6.07) is 10.6. The lowest BCUT2D eigenvalue weighted by Gasteiger charge is -2.11. The van der Waals surface area contributed by atoms with E-state index in [0.717, 1.165) is 16.2 Å². The summed E-state index contributed by atoms with van der Waals surface area (Å²) in [5.41, 5.74) is 0.882. The summed E-state index contributed by atoms with van der Waals surface area (Å²) in [6.45, 7) is 0.989. The molecular weight excluding hydrogens is 308 g/mol. The molecular formula is C14H16N2O3S2. The van der Waals surface area contributed by atoms with Crippen LogP contribution in [0, 0.1) is 0 Å². The number of sulfonamides is 1. The Bertz CT molecular complexity index is 740. The molecule has 2 aromatic rings. The van der Waals surface area contributed by atoms with Crippen LogP contribution in [0.1, 0.15) is 16.5 Å². The maximum absolute atomic E-state index is 12.4. The molecule has 2 N–H and O–H groups in total. The predicted molar refractivity (Wildman–Crippen MR) is 82.1 cm³/mol. The molecule has 0 saturated carbocycles.